The molecule has 0 saturated heterocycles. The summed E-state index contributed by atoms with van der Waals surface area (Å²) in [4.78, 5) is 0. The summed E-state index contributed by atoms with van der Waals surface area (Å²) in [6, 6.07) is 4.72. The summed E-state index contributed by atoms with van der Waals surface area (Å²) >= 11 is 3.19. The van der Waals surface area contributed by atoms with Crippen LogP contribution in [0, 0.1) is 17.7 Å². The van der Waals surface area contributed by atoms with Gasteiger partial charge in [0.1, 0.15) is 5.82 Å². The number of halogens is 2. The standard InChI is InChI=1S/C9H7BrFN/c10-8-4-1-5-9(11)7(8)3-2-6-12/h1,4-5H,6,12H2. The van der Waals surface area contributed by atoms with E-state index in [1.54, 1.807) is 12.1 Å². The van der Waals surface area contributed by atoms with Gasteiger partial charge in [-0.25, -0.2) is 4.39 Å². The summed E-state index contributed by atoms with van der Waals surface area (Å²) in [7, 11) is 0. The molecule has 62 valence electrons. The van der Waals surface area contributed by atoms with Crippen LogP contribution in [-0.4, -0.2) is 6.54 Å². The predicted molar refractivity (Wildman–Crippen MR) is 50.0 cm³/mol. The highest BCUT2D eigenvalue weighted by molar-refractivity contribution is 9.10. The molecular weight excluding hydrogens is 221 g/mol. The first-order chi connectivity index (χ1) is 5.75. The van der Waals surface area contributed by atoms with Crippen molar-refractivity contribution in [3.63, 3.8) is 0 Å². The zero-order chi connectivity index (χ0) is 8.97. The molecule has 0 radical (unpaired) electrons. The van der Waals surface area contributed by atoms with E-state index in [0.29, 0.717) is 10.0 Å². The minimum atomic E-state index is -0.328. The van der Waals surface area contributed by atoms with Crippen LogP contribution in [0.2, 0.25) is 0 Å². The number of nitrogens with two attached hydrogens (primary N) is 1. The van der Waals surface area contributed by atoms with Crippen molar-refractivity contribution in [3.05, 3.63) is 34.1 Å². The van der Waals surface area contributed by atoms with Crippen molar-refractivity contribution in [3.8, 4) is 11.8 Å². The quantitative estimate of drug-likeness (QED) is 0.674. The first kappa shape index (κ1) is 9.24. The van der Waals surface area contributed by atoms with Crippen LogP contribution in [0.3, 0.4) is 0 Å². The van der Waals surface area contributed by atoms with E-state index in [-0.39, 0.29) is 12.4 Å². The van der Waals surface area contributed by atoms with Gasteiger partial charge in [-0.2, -0.15) is 0 Å². The third kappa shape index (κ3) is 2.07. The molecule has 0 aromatic heterocycles. The van der Waals surface area contributed by atoms with E-state index in [0.717, 1.165) is 0 Å². The van der Waals surface area contributed by atoms with Gasteiger partial charge in [0.15, 0.2) is 0 Å². The number of hydrogen-bond acceptors (Lipinski definition) is 1. The lowest BCUT2D eigenvalue weighted by molar-refractivity contribution is 0.623. The lowest BCUT2D eigenvalue weighted by atomic mass is 10.2. The van der Waals surface area contributed by atoms with Crippen LogP contribution in [0.4, 0.5) is 4.39 Å². The van der Waals surface area contributed by atoms with E-state index < -0.39 is 0 Å². The average Bonchev–Trinajstić information content (AvgIpc) is 2.04. The van der Waals surface area contributed by atoms with Crippen molar-refractivity contribution < 1.29 is 4.39 Å². The SMILES string of the molecule is NCC#Cc1c(F)cccc1Br. The monoisotopic (exact) mass is 227 g/mol. The Kier molecular flexibility index (Phi) is 3.27. The number of rotatable bonds is 0. The molecule has 0 bridgehead atoms. The lowest BCUT2D eigenvalue weighted by Crippen LogP contribution is -1.94. The Bertz CT molecular complexity index is 318. The maximum Gasteiger partial charge on any atom is 0.139 e. The Hall–Kier alpha value is -0.850. The van der Waals surface area contributed by atoms with Gasteiger partial charge < -0.3 is 5.73 Å². The van der Waals surface area contributed by atoms with Crippen molar-refractivity contribution in [2.45, 2.75) is 0 Å². The van der Waals surface area contributed by atoms with Crippen LogP contribution in [0.1, 0.15) is 5.56 Å². The minimum absolute atomic E-state index is 0.237. The van der Waals surface area contributed by atoms with Crippen LogP contribution >= 0.6 is 15.9 Å². The predicted octanol–water partition coefficient (Wildman–Crippen LogP) is 1.90. The molecule has 1 rings (SSSR count). The summed E-state index contributed by atoms with van der Waals surface area (Å²) in [5, 5.41) is 0. The lowest BCUT2D eigenvalue weighted by Gasteiger charge is -1.95. The second-order valence-corrected chi connectivity index (χ2v) is 2.96. The Morgan fingerprint density at radius 3 is 2.83 bits per heavy atom. The molecule has 0 heterocycles. The van der Waals surface area contributed by atoms with Crippen LogP contribution in [0.5, 0.6) is 0 Å². The Morgan fingerprint density at radius 2 is 2.25 bits per heavy atom. The molecule has 0 spiro atoms. The molecule has 0 aliphatic carbocycles. The first-order valence-electron chi connectivity index (χ1n) is 3.38. The molecule has 0 amide bonds. The van der Waals surface area contributed by atoms with Crippen molar-refractivity contribution in [1.82, 2.24) is 0 Å². The Morgan fingerprint density at radius 1 is 1.50 bits per heavy atom. The van der Waals surface area contributed by atoms with E-state index in [1.807, 2.05) is 0 Å². The van der Waals surface area contributed by atoms with Gasteiger partial charge in [0.25, 0.3) is 0 Å². The second-order valence-electron chi connectivity index (χ2n) is 2.10. The molecule has 0 unspecified atom stereocenters. The van der Waals surface area contributed by atoms with Crippen molar-refractivity contribution in [1.29, 1.82) is 0 Å². The smallest absolute Gasteiger partial charge is 0.139 e. The van der Waals surface area contributed by atoms with Gasteiger partial charge >= 0.3 is 0 Å². The largest absolute Gasteiger partial charge is 0.320 e. The maximum atomic E-state index is 13.0. The fourth-order valence-electron chi connectivity index (χ4n) is 0.757. The van der Waals surface area contributed by atoms with E-state index in [2.05, 4.69) is 27.8 Å². The molecule has 3 heteroatoms. The van der Waals surface area contributed by atoms with Gasteiger partial charge in [-0.1, -0.05) is 17.9 Å². The molecule has 1 aromatic rings. The highest BCUT2D eigenvalue weighted by Gasteiger charge is 2.01. The molecule has 12 heavy (non-hydrogen) atoms. The maximum absolute atomic E-state index is 13.0. The second kappa shape index (κ2) is 4.24. The third-order valence-electron chi connectivity index (χ3n) is 1.28. The zero-order valence-electron chi connectivity index (χ0n) is 6.27. The number of hydrogen-bond donors (Lipinski definition) is 1. The van der Waals surface area contributed by atoms with Crippen molar-refractivity contribution in [2.24, 2.45) is 5.73 Å². The topological polar surface area (TPSA) is 26.0 Å². The molecule has 0 atom stereocenters. The van der Waals surface area contributed by atoms with Crippen LogP contribution in [-0.2, 0) is 0 Å². The summed E-state index contributed by atoms with van der Waals surface area (Å²) in [5.74, 6) is 4.91. The molecule has 0 aliphatic rings. The Balaban J connectivity index is 3.13. The molecule has 1 aromatic carbocycles. The third-order valence-corrected chi connectivity index (χ3v) is 1.94. The fourth-order valence-corrected chi connectivity index (χ4v) is 1.20. The molecule has 0 aliphatic heterocycles. The molecule has 0 saturated carbocycles. The summed E-state index contributed by atoms with van der Waals surface area (Å²) < 4.78 is 13.7. The average molecular weight is 228 g/mol. The van der Waals surface area contributed by atoms with E-state index in [1.165, 1.54) is 6.07 Å². The summed E-state index contributed by atoms with van der Waals surface area (Å²) in [6.45, 7) is 0.237. The van der Waals surface area contributed by atoms with Gasteiger partial charge in [0.2, 0.25) is 0 Å². The Labute approximate surface area is 78.9 Å². The van der Waals surface area contributed by atoms with Crippen LogP contribution in [0.15, 0.2) is 22.7 Å². The van der Waals surface area contributed by atoms with Gasteiger partial charge in [-0.3, -0.25) is 0 Å². The molecule has 0 fully saturated rings. The van der Waals surface area contributed by atoms with Gasteiger partial charge in [0, 0.05) is 4.47 Å². The van der Waals surface area contributed by atoms with Crippen LogP contribution < -0.4 is 5.73 Å². The first-order valence-corrected chi connectivity index (χ1v) is 4.18. The van der Waals surface area contributed by atoms with Gasteiger partial charge in [-0.05, 0) is 28.1 Å². The summed E-state index contributed by atoms with van der Waals surface area (Å²) in [6.07, 6.45) is 0. The molecular formula is C9H7BrFN. The van der Waals surface area contributed by atoms with E-state index >= 15 is 0 Å². The van der Waals surface area contributed by atoms with Gasteiger partial charge in [-0.15, -0.1) is 0 Å². The van der Waals surface area contributed by atoms with Crippen molar-refractivity contribution >= 4 is 15.9 Å². The molecule has 1 nitrogen and oxygen atoms in total. The summed E-state index contributed by atoms with van der Waals surface area (Å²) in [5.41, 5.74) is 5.53. The van der Waals surface area contributed by atoms with E-state index in [4.69, 9.17) is 5.73 Å². The van der Waals surface area contributed by atoms with Gasteiger partial charge in [0.05, 0.1) is 12.1 Å². The highest BCUT2D eigenvalue weighted by Crippen LogP contribution is 2.17. The molecule has 2 N–H and O–H groups in total. The normalized spacial score (nSPS) is 8.92. The fraction of sp³-hybridized carbons (Fsp3) is 0.111. The highest BCUT2D eigenvalue weighted by atomic mass is 79.9. The van der Waals surface area contributed by atoms with E-state index in [9.17, 15) is 4.39 Å². The number of benzene rings is 1. The van der Waals surface area contributed by atoms with Crippen LogP contribution in [0.25, 0.3) is 0 Å². The minimum Gasteiger partial charge on any atom is -0.320 e. The van der Waals surface area contributed by atoms with Crippen molar-refractivity contribution in [2.75, 3.05) is 6.54 Å². The zero-order valence-corrected chi connectivity index (χ0v) is 7.86.